The Morgan fingerprint density at radius 3 is 2.78 bits per heavy atom. The summed E-state index contributed by atoms with van der Waals surface area (Å²) in [5.74, 6) is -1.26. The van der Waals surface area contributed by atoms with E-state index in [0.717, 1.165) is 0 Å². The van der Waals surface area contributed by atoms with E-state index in [1.54, 1.807) is 0 Å². The van der Waals surface area contributed by atoms with E-state index in [9.17, 15) is 4.79 Å². The Kier molecular flexibility index (Phi) is 5.24. The molecule has 1 aromatic rings. The quantitative estimate of drug-likeness (QED) is 0.693. The van der Waals surface area contributed by atoms with Gasteiger partial charge in [-0.25, -0.2) is 9.78 Å². The number of aromatic carboxylic acids is 1. The normalized spacial score (nSPS) is 17.7. The van der Waals surface area contributed by atoms with Crippen molar-refractivity contribution in [2.24, 2.45) is 5.16 Å². The Hall–Kier alpha value is -0.530. The molecule has 1 aromatic heterocycles. The van der Waals surface area contributed by atoms with Crippen molar-refractivity contribution in [3.05, 3.63) is 22.5 Å². The fourth-order valence-electron chi connectivity index (χ4n) is 1.38. The molecule has 6 nitrogen and oxygen atoms in total. The molecular formula is C9H8Cl2N3NaO3. The molecular weight excluding hydrogens is 292 g/mol. The third kappa shape index (κ3) is 3.07. The summed E-state index contributed by atoms with van der Waals surface area (Å²) in [6.07, 6.45) is -0.200. The van der Waals surface area contributed by atoms with E-state index in [4.69, 9.17) is 38.9 Å². The minimum atomic E-state index is -1.26. The maximum absolute atomic E-state index is 10.9. The van der Waals surface area contributed by atoms with Gasteiger partial charge >= 0.3 is 35.5 Å². The first kappa shape index (κ1) is 15.5. The zero-order valence-corrected chi connectivity index (χ0v) is 12.9. The van der Waals surface area contributed by atoms with Gasteiger partial charge in [0.05, 0.1) is 16.4 Å². The summed E-state index contributed by atoms with van der Waals surface area (Å²) in [7, 11) is 0. The molecule has 2 heterocycles. The number of hydrogen-bond donors (Lipinski definition) is 2. The zero-order valence-electron chi connectivity index (χ0n) is 10.4. The number of rotatable bonds is 2. The van der Waals surface area contributed by atoms with Crippen molar-refractivity contribution in [2.45, 2.75) is 12.5 Å². The second-order valence-corrected chi connectivity index (χ2v) is 4.18. The minimum Gasteiger partial charge on any atom is -1.00 e. The van der Waals surface area contributed by atoms with Crippen LogP contribution in [0.15, 0.2) is 11.2 Å². The molecule has 1 unspecified atom stereocenters. The van der Waals surface area contributed by atoms with Crippen LogP contribution in [0.4, 0.5) is 5.69 Å². The van der Waals surface area contributed by atoms with Gasteiger partial charge in [0.15, 0.2) is 11.8 Å². The van der Waals surface area contributed by atoms with Crippen LogP contribution in [0.1, 0.15) is 30.1 Å². The number of oxime groups is 1. The summed E-state index contributed by atoms with van der Waals surface area (Å²) in [6.45, 7) is 0. The van der Waals surface area contributed by atoms with Gasteiger partial charge in [-0.2, -0.15) is 0 Å². The Bertz CT molecular complexity index is 530. The number of carboxylic acids is 1. The average molecular weight is 300 g/mol. The molecule has 3 N–H and O–H groups in total. The summed E-state index contributed by atoms with van der Waals surface area (Å²) in [6, 6.07) is 1.45. The summed E-state index contributed by atoms with van der Waals surface area (Å²) >= 11 is 11.4. The molecule has 2 rings (SSSR count). The van der Waals surface area contributed by atoms with Crippen LogP contribution in [-0.4, -0.2) is 21.2 Å². The van der Waals surface area contributed by atoms with Crippen LogP contribution in [0.25, 0.3) is 0 Å². The Labute approximate surface area is 136 Å². The minimum absolute atomic E-state index is 0. The van der Waals surface area contributed by atoms with Gasteiger partial charge in [0, 0.05) is 6.42 Å². The molecule has 0 saturated heterocycles. The Morgan fingerprint density at radius 2 is 2.28 bits per heavy atom. The van der Waals surface area contributed by atoms with Crippen molar-refractivity contribution >= 4 is 40.0 Å². The smallest absolute Gasteiger partial charge is 1.00 e. The fraction of sp³-hybridized carbons (Fsp3) is 0.222. The molecule has 0 bridgehead atoms. The standard InChI is InChI=1S/C9H7Cl2N3O3.Na.H/c10-6-2-5(17-14-6)4-1-3(12)7(11)8(13-4)9(15)16;;/h1,5H,2H2,(H2,12,13)(H,15,16);;/q;+1;-1. The van der Waals surface area contributed by atoms with Gasteiger partial charge in [-0.3, -0.25) is 0 Å². The van der Waals surface area contributed by atoms with Gasteiger partial charge in [0.2, 0.25) is 0 Å². The van der Waals surface area contributed by atoms with Crippen LogP contribution in [0.2, 0.25) is 5.02 Å². The summed E-state index contributed by atoms with van der Waals surface area (Å²) in [5.41, 5.74) is 5.75. The number of anilines is 1. The molecule has 18 heavy (non-hydrogen) atoms. The zero-order chi connectivity index (χ0) is 12.6. The Morgan fingerprint density at radius 1 is 1.61 bits per heavy atom. The van der Waals surface area contributed by atoms with Crippen molar-refractivity contribution in [3.63, 3.8) is 0 Å². The van der Waals surface area contributed by atoms with Gasteiger partial charge in [-0.05, 0) is 6.07 Å². The van der Waals surface area contributed by atoms with Crippen LogP contribution in [0.5, 0.6) is 0 Å². The second-order valence-electron chi connectivity index (χ2n) is 3.37. The maximum Gasteiger partial charge on any atom is 1.00 e. The SMILES string of the molecule is Nc1cc(C2CC(Cl)=NO2)nc(C(=O)O)c1Cl.[H-].[Na+]. The van der Waals surface area contributed by atoms with E-state index >= 15 is 0 Å². The van der Waals surface area contributed by atoms with E-state index in [2.05, 4.69) is 10.1 Å². The molecule has 1 aliphatic heterocycles. The van der Waals surface area contributed by atoms with E-state index in [1.807, 2.05) is 0 Å². The molecule has 0 amide bonds. The molecule has 9 heteroatoms. The number of hydrogen-bond acceptors (Lipinski definition) is 5. The van der Waals surface area contributed by atoms with E-state index in [0.29, 0.717) is 17.3 Å². The van der Waals surface area contributed by atoms with Gasteiger partial charge in [-0.1, -0.05) is 28.4 Å². The number of pyridine rings is 1. The van der Waals surface area contributed by atoms with Gasteiger partial charge in [-0.15, -0.1) is 0 Å². The largest absolute Gasteiger partial charge is 1.00 e. The molecule has 0 spiro atoms. The third-order valence-electron chi connectivity index (χ3n) is 2.17. The van der Waals surface area contributed by atoms with Crippen LogP contribution >= 0.6 is 23.2 Å². The molecule has 0 fully saturated rings. The van der Waals surface area contributed by atoms with Gasteiger partial charge < -0.3 is 17.1 Å². The molecule has 92 valence electrons. The molecule has 0 aliphatic carbocycles. The van der Waals surface area contributed by atoms with Crippen LogP contribution < -0.4 is 35.3 Å². The third-order valence-corrected chi connectivity index (χ3v) is 2.79. The first-order valence-electron chi connectivity index (χ1n) is 4.56. The predicted molar refractivity (Wildman–Crippen MR) is 63.5 cm³/mol. The summed E-state index contributed by atoms with van der Waals surface area (Å²) in [4.78, 5) is 19.8. The van der Waals surface area contributed by atoms with Crippen LogP contribution in [0.3, 0.4) is 0 Å². The van der Waals surface area contributed by atoms with Crippen molar-refractivity contribution < 1.29 is 45.7 Å². The van der Waals surface area contributed by atoms with E-state index < -0.39 is 12.1 Å². The Balaban J connectivity index is 0.00000162. The fourth-order valence-corrected chi connectivity index (χ4v) is 1.74. The maximum atomic E-state index is 10.9. The number of nitrogens with two attached hydrogens (primary N) is 1. The number of halogens is 2. The summed E-state index contributed by atoms with van der Waals surface area (Å²) in [5, 5.41) is 12.7. The first-order valence-corrected chi connectivity index (χ1v) is 5.32. The predicted octanol–water partition coefficient (Wildman–Crippen LogP) is -0.854. The van der Waals surface area contributed by atoms with Gasteiger partial charge in [0.25, 0.3) is 0 Å². The number of nitrogens with zero attached hydrogens (tertiary/aromatic N) is 2. The average Bonchev–Trinajstić information content (AvgIpc) is 2.68. The molecule has 1 aliphatic rings. The number of aromatic nitrogens is 1. The van der Waals surface area contributed by atoms with Crippen molar-refractivity contribution in [2.75, 3.05) is 5.73 Å². The van der Waals surface area contributed by atoms with E-state index in [1.165, 1.54) is 6.07 Å². The number of carbonyl (C=O) groups is 1. The number of carboxylic acid groups (broad SMARTS) is 1. The first-order chi connectivity index (χ1) is 7.99. The van der Waals surface area contributed by atoms with E-state index in [-0.39, 0.29) is 47.4 Å². The van der Waals surface area contributed by atoms with Crippen LogP contribution in [-0.2, 0) is 4.84 Å². The molecule has 0 saturated carbocycles. The van der Waals surface area contributed by atoms with Gasteiger partial charge in [0.1, 0.15) is 5.17 Å². The summed E-state index contributed by atoms with van der Waals surface area (Å²) < 4.78 is 0. The number of nitrogen functional groups attached to an aromatic ring is 1. The topological polar surface area (TPSA) is 97.8 Å². The molecule has 0 aromatic carbocycles. The molecule has 1 atom stereocenters. The second kappa shape index (κ2) is 6.08. The molecule has 0 radical (unpaired) electrons. The monoisotopic (exact) mass is 299 g/mol. The van der Waals surface area contributed by atoms with Crippen molar-refractivity contribution in [3.8, 4) is 0 Å². The van der Waals surface area contributed by atoms with Crippen LogP contribution in [0, 0.1) is 0 Å². The van der Waals surface area contributed by atoms with Crippen molar-refractivity contribution in [1.82, 2.24) is 4.98 Å². The van der Waals surface area contributed by atoms with Crippen molar-refractivity contribution in [1.29, 1.82) is 0 Å².